The fourth-order valence-electron chi connectivity index (χ4n) is 3.73. The lowest BCUT2D eigenvalue weighted by atomic mass is 9.97. The van der Waals surface area contributed by atoms with Crippen molar-refractivity contribution >= 4 is 23.2 Å². The maximum absolute atomic E-state index is 15.5. The fraction of sp³-hybridized carbons (Fsp3) is 0.381. The van der Waals surface area contributed by atoms with Gasteiger partial charge in [0.2, 0.25) is 12.2 Å². The molecule has 3 heterocycles. The van der Waals surface area contributed by atoms with Crippen LogP contribution < -0.4 is 10.9 Å². The Bertz CT molecular complexity index is 1220. The number of ether oxygens (including phenoxy) is 1. The van der Waals surface area contributed by atoms with Crippen LogP contribution in [0.15, 0.2) is 35.1 Å². The largest absolute Gasteiger partial charge is 0.381 e. The summed E-state index contributed by atoms with van der Waals surface area (Å²) in [5.41, 5.74) is -1.13. The van der Waals surface area contributed by atoms with E-state index in [9.17, 15) is 22.8 Å². The number of rotatable bonds is 6. The molecule has 12 heteroatoms. The highest BCUT2D eigenvalue weighted by molar-refractivity contribution is 6.30. The maximum Gasteiger partial charge on any atom is 0.290 e. The molecule has 1 aromatic carbocycles. The van der Waals surface area contributed by atoms with Gasteiger partial charge in [0.25, 0.3) is 17.9 Å². The molecule has 0 spiro atoms. The zero-order chi connectivity index (χ0) is 23.7. The Morgan fingerprint density at radius 2 is 1.88 bits per heavy atom. The molecule has 1 amide bonds. The van der Waals surface area contributed by atoms with E-state index in [-0.39, 0.29) is 18.1 Å². The average molecular weight is 487 g/mol. The number of nitrogens with one attached hydrogen (secondary N) is 1. The van der Waals surface area contributed by atoms with Crippen LogP contribution in [0.3, 0.4) is 0 Å². The van der Waals surface area contributed by atoms with Crippen LogP contribution in [-0.4, -0.2) is 46.0 Å². The molecule has 0 bridgehead atoms. The summed E-state index contributed by atoms with van der Waals surface area (Å²) in [4.78, 5) is 25.3. The van der Waals surface area contributed by atoms with Crippen LogP contribution in [0.4, 0.5) is 17.6 Å². The number of halogens is 5. The van der Waals surface area contributed by atoms with E-state index >= 15 is 4.39 Å². The molecule has 7 nitrogen and oxygen atoms in total. The van der Waals surface area contributed by atoms with Gasteiger partial charge >= 0.3 is 0 Å². The molecule has 1 aliphatic heterocycles. The first-order valence-electron chi connectivity index (χ1n) is 10.1. The van der Waals surface area contributed by atoms with Gasteiger partial charge in [0.1, 0.15) is 5.65 Å². The van der Waals surface area contributed by atoms with Crippen molar-refractivity contribution in [3.63, 3.8) is 0 Å². The summed E-state index contributed by atoms with van der Waals surface area (Å²) >= 11 is 5.90. The molecule has 3 aromatic rings. The number of fused-ring (bicyclic) bond motifs is 1. The highest BCUT2D eigenvalue weighted by Gasteiger charge is 2.30. The molecule has 1 atom stereocenters. The monoisotopic (exact) mass is 486 g/mol. The summed E-state index contributed by atoms with van der Waals surface area (Å²) in [6, 6.07) is 7.97. The molecule has 1 saturated heterocycles. The molecule has 0 radical (unpaired) electrons. The topological polar surface area (TPSA) is 77.6 Å². The summed E-state index contributed by atoms with van der Waals surface area (Å²) in [6.07, 6.45) is -5.32. The molecule has 0 aliphatic carbocycles. The smallest absolute Gasteiger partial charge is 0.290 e. The van der Waals surface area contributed by atoms with Crippen LogP contribution in [0.2, 0.25) is 5.02 Å². The normalized spacial score (nSPS) is 15.8. The number of benzene rings is 1. The number of hydrogen-bond acceptors (Lipinski definition) is 4. The van der Waals surface area contributed by atoms with Crippen molar-refractivity contribution < 1.29 is 27.1 Å². The summed E-state index contributed by atoms with van der Waals surface area (Å²) < 4.78 is 61.2. The average Bonchev–Trinajstić information content (AvgIpc) is 3.24. The van der Waals surface area contributed by atoms with E-state index in [4.69, 9.17) is 16.3 Å². The highest BCUT2D eigenvalue weighted by atomic mass is 35.5. The summed E-state index contributed by atoms with van der Waals surface area (Å²) in [6.45, 7) is 0.877. The van der Waals surface area contributed by atoms with Crippen LogP contribution >= 0.6 is 11.6 Å². The van der Waals surface area contributed by atoms with Gasteiger partial charge in [0, 0.05) is 30.2 Å². The number of amides is 1. The fourth-order valence-corrected chi connectivity index (χ4v) is 3.85. The standard InChI is InChI=1S/C21H19ClF4N4O3/c22-13-3-1-11(2-4-13)10-29-15-9-14(12-5-7-33-8-6-12)28-30(15)21(32)16(19(29)26)20(31)27-18(25)17(23)24/h1-4,9,12,17-18H,5-8,10H2,(H,27,31). The SMILES string of the molecule is O=C(NC(F)C(F)F)c1c(F)n(Cc2ccc(Cl)cc2)c2cc(C3CCOCC3)nn2c1=O. The molecular weight excluding hydrogens is 468 g/mol. The van der Waals surface area contributed by atoms with Crippen LogP contribution in [0.1, 0.15) is 40.4 Å². The van der Waals surface area contributed by atoms with Crippen LogP contribution in [-0.2, 0) is 11.3 Å². The second-order valence-electron chi connectivity index (χ2n) is 7.62. The minimum atomic E-state index is -3.54. The molecule has 1 fully saturated rings. The lowest BCUT2D eigenvalue weighted by Gasteiger charge is -2.19. The Kier molecular flexibility index (Phi) is 6.71. The predicted molar refractivity (Wildman–Crippen MR) is 111 cm³/mol. The molecule has 1 unspecified atom stereocenters. The van der Waals surface area contributed by atoms with Crippen LogP contribution in [0.25, 0.3) is 5.65 Å². The van der Waals surface area contributed by atoms with Crippen molar-refractivity contribution in [1.29, 1.82) is 0 Å². The summed E-state index contributed by atoms with van der Waals surface area (Å²) in [5.74, 6) is -2.93. The Morgan fingerprint density at radius 1 is 1.21 bits per heavy atom. The first kappa shape index (κ1) is 23.2. The van der Waals surface area contributed by atoms with E-state index in [1.807, 2.05) is 0 Å². The van der Waals surface area contributed by atoms with Crippen molar-refractivity contribution in [1.82, 2.24) is 19.5 Å². The number of carbonyl (C=O) groups excluding carboxylic acids is 1. The third kappa shape index (κ3) is 4.74. The zero-order valence-electron chi connectivity index (χ0n) is 17.1. The Morgan fingerprint density at radius 3 is 2.52 bits per heavy atom. The van der Waals surface area contributed by atoms with E-state index in [1.165, 1.54) is 5.32 Å². The lowest BCUT2D eigenvalue weighted by Crippen LogP contribution is -2.41. The minimum Gasteiger partial charge on any atom is -0.381 e. The van der Waals surface area contributed by atoms with Crippen molar-refractivity contribution in [3.8, 4) is 0 Å². The van der Waals surface area contributed by atoms with Crippen molar-refractivity contribution in [2.45, 2.75) is 38.0 Å². The van der Waals surface area contributed by atoms with Crippen LogP contribution in [0, 0.1) is 5.95 Å². The highest BCUT2D eigenvalue weighted by Crippen LogP contribution is 2.27. The molecular formula is C21H19ClF4N4O3. The molecule has 1 aliphatic rings. The molecule has 176 valence electrons. The molecule has 2 aromatic heterocycles. The van der Waals surface area contributed by atoms with Crippen molar-refractivity contribution in [2.24, 2.45) is 0 Å². The number of carbonyl (C=O) groups is 1. The van der Waals surface area contributed by atoms with Gasteiger partial charge in [-0.25, -0.2) is 13.2 Å². The molecule has 1 N–H and O–H groups in total. The van der Waals surface area contributed by atoms with E-state index < -0.39 is 35.7 Å². The molecule has 0 saturated carbocycles. The van der Waals surface area contributed by atoms with Gasteiger partial charge in [-0.3, -0.25) is 14.2 Å². The van der Waals surface area contributed by atoms with E-state index in [2.05, 4.69) is 5.10 Å². The third-order valence-corrected chi connectivity index (χ3v) is 5.70. The Balaban J connectivity index is 1.85. The summed E-state index contributed by atoms with van der Waals surface area (Å²) in [5, 5.41) is 6.05. The molecule has 33 heavy (non-hydrogen) atoms. The summed E-state index contributed by atoms with van der Waals surface area (Å²) in [7, 11) is 0. The Labute approximate surface area is 189 Å². The quantitative estimate of drug-likeness (QED) is 0.328. The first-order chi connectivity index (χ1) is 15.8. The van der Waals surface area contributed by atoms with Gasteiger partial charge in [-0.2, -0.15) is 14.0 Å². The van der Waals surface area contributed by atoms with Gasteiger partial charge < -0.3 is 10.1 Å². The minimum absolute atomic E-state index is 0.0450. The number of aromatic nitrogens is 3. The molecule has 4 rings (SSSR count). The van der Waals surface area contributed by atoms with Crippen molar-refractivity contribution in [3.05, 3.63) is 68.5 Å². The van der Waals surface area contributed by atoms with Gasteiger partial charge in [0.15, 0.2) is 5.56 Å². The van der Waals surface area contributed by atoms with E-state index in [1.54, 1.807) is 30.3 Å². The first-order valence-corrected chi connectivity index (χ1v) is 10.5. The van der Waals surface area contributed by atoms with Gasteiger partial charge in [-0.05, 0) is 30.5 Å². The second-order valence-corrected chi connectivity index (χ2v) is 8.06. The number of nitrogens with zero attached hydrogens (tertiary/aromatic N) is 3. The van der Waals surface area contributed by atoms with E-state index in [0.717, 1.165) is 9.08 Å². The van der Waals surface area contributed by atoms with Gasteiger partial charge in [0.05, 0.1) is 12.2 Å². The van der Waals surface area contributed by atoms with Crippen LogP contribution in [0.5, 0.6) is 0 Å². The Hall–Kier alpha value is -2.92. The van der Waals surface area contributed by atoms with Crippen molar-refractivity contribution in [2.75, 3.05) is 13.2 Å². The number of hydrogen-bond donors (Lipinski definition) is 1. The van der Waals surface area contributed by atoms with Gasteiger partial charge in [-0.1, -0.05) is 23.7 Å². The number of alkyl halides is 3. The van der Waals surface area contributed by atoms with Gasteiger partial charge in [-0.15, -0.1) is 0 Å². The zero-order valence-corrected chi connectivity index (χ0v) is 17.9. The second kappa shape index (κ2) is 9.52. The maximum atomic E-state index is 15.5. The van der Waals surface area contributed by atoms with E-state index in [0.29, 0.717) is 42.3 Å². The third-order valence-electron chi connectivity index (χ3n) is 5.45. The lowest BCUT2D eigenvalue weighted by molar-refractivity contribution is 0.0284. The predicted octanol–water partition coefficient (Wildman–Crippen LogP) is 3.52.